The van der Waals surface area contributed by atoms with Crippen LogP contribution in [0.25, 0.3) is 0 Å². The minimum atomic E-state index is 0.268. The SMILES string of the molecule is CCCCCCC(C)(CCCCC)c1sc(Cl)nc1I. The number of rotatable bonds is 10. The summed E-state index contributed by atoms with van der Waals surface area (Å²) in [6.07, 6.45) is 11.8. The predicted molar refractivity (Wildman–Crippen MR) is 100 cm³/mol. The second-order valence-corrected chi connectivity index (χ2v) is 8.52. The molecule has 1 rings (SSSR count). The molecule has 1 nitrogen and oxygen atoms in total. The minimum absolute atomic E-state index is 0.268. The fraction of sp³-hybridized carbons (Fsp3) is 0.812. The molecule has 1 aromatic heterocycles. The van der Waals surface area contributed by atoms with Crippen molar-refractivity contribution in [2.24, 2.45) is 0 Å². The van der Waals surface area contributed by atoms with E-state index in [4.69, 9.17) is 11.6 Å². The normalized spacial score (nSPS) is 14.4. The molecular weight excluding hydrogens is 401 g/mol. The maximum atomic E-state index is 6.12. The van der Waals surface area contributed by atoms with E-state index in [1.165, 1.54) is 62.7 Å². The molecular formula is C16H27ClINS. The van der Waals surface area contributed by atoms with Gasteiger partial charge in [-0.25, -0.2) is 4.98 Å². The molecule has 0 aliphatic rings. The van der Waals surface area contributed by atoms with Gasteiger partial charge in [-0.3, -0.25) is 0 Å². The van der Waals surface area contributed by atoms with Crippen molar-refractivity contribution in [1.82, 2.24) is 4.98 Å². The fourth-order valence-corrected chi connectivity index (χ4v) is 5.44. The molecule has 0 aliphatic carbocycles. The van der Waals surface area contributed by atoms with Crippen LogP contribution in [0.3, 0.4) is 0 Å². The van der Waals surface area contributed by atoms with E-state index in [1.807, 2.05) is 0 Å². The van der Waals surface area contributed by atoms with Crippen LogP contribution in [0, 0.1) is 3.70 Å². The molecule has 0 fully saturated rings. The van der Waals surface area contributed by atoms with Gasteiger partial charge in [0.1, 0.15) is 3.70 Å². The lowest BCUT2D eigenvalue weighted by molar-refractivity contribution is 0.370. The van der Waals surface area contributed by atoms with Gasteiger partial charge in [0.15, 0.2) is 4.47 Å². The first kappa shape index (κ1) is 18.7. The van der Waals surface area contributed by atoms with Gasteiger partial charge in [0.05, 0.1) is 0 Å². The third-order valence-electron chi connectivity index (χ3n) is 4.02. The Bertz CT molecular complexity index is 394. The van der Waals surface area contributed by atoms with Crippen molar-refractivity contribution in [2.75, 3.05) is 0 Å². The Kier molecular flexibility index (Phi) is 9.00. The Morgan fingerprint density at radius 1 is 1.05 bits per heavy atom. The van der Waals surface area contributed by atoms with Crippen molar-refractivity contribution in [3.63, 3.8) is 0 Å². The lowest BCUT2D eigenvalue weighted by Gasteiger charge is -2.29. The molecule has 0 saturated heterocycles. The molecule has 1 atom stereocenters. The Morgan fingerprint density at radius 3 is 2.10 bits per heavy atom. The summed E-state index contributed by atoms with van der Waals surface area (Å²) < 4.78 is 1.81. The average Bonchev–Trinajstić information content (AvgIpc) is 2.75. The maximum Gasteiger partial charge on any atom is 0.184 e. The lowest BCUT2D eigenvalue weighted by atomic mass is 9.79. The Balaban J connectivity index is 2.74. The second kappa shape index (κ2) is 9.62. The molecule has 0 saturated carbocycles. The van der Waals surface area contributed by atoms with Crippen LogP contribution in [-0.4, -0.2) is 4.98 Å². The monoisotopic (exact) mass is 427 g/mol. The molecule has 1 heterocycles. The van der Waals surface area contributed by atoms with Crippen LogP contribution in [0.4, 0.5) is 0 Å². The van der Waals surface area contributed by atoms with Gasteiger partial charge < -0.3 is 0 Å². The largest absolute Gasteiger partial charge is 0.219 e. The maximum absolute atomic E-state index is 6.12. The van der Waals surface area contributed by atoms with Crippen molar-refractivity contribution in [3.05, 3.63) is 13.0 Å². The van der Waals surface area contributed by atoms with Gasteiger partial charge in [0.25, 0.3) is 0 Å². The van der Waals surface area contributed by atoms with Crippen molar-refractivity contribution >= 4 is 45.5 Å². The van der Waals surface area contributed by atoms with Crippen molar-refractivity contribution in [2.45, 2.75) is 84.0 Å². The number of nitrogens with zero attached hydrogens (tertiary/aromatic N) is 1. The smallest absolute Gasteiger partial charge is 0.184 e. The van der Waals surface area contributed by atoms with Crippen molar-refractivity contribution in [3.8, 4) is 0 Å². The fourth-order valence-electron chi connectivity index (χ4n) is 2.71. The Labute approximate surface area is 147 Å². The summed E-state index contributed by atoms with van der Waals surface area (Å²) in [5.74, 6) is 0. The van der Waals surface area contributed by atoms with Crippen molar-refractivity contribution in [1.29, 1.82) is 0 Å². The Hall–Kier alpha value is 0.650. The number of thiazole rings is 1. The zero-order chi connectivity index (χ0) is 15.0. The quantitative estimate of drug-likeness (QED) is 0.284. The van der Waals surface area contributed by atoms with E-state index in [0.717, 1.165) is 3.70 Å². The molecule has 0 amide bonds. The molecule has 0 aromatic carbocycles. The summed E-state index contributed by atoms with van der Waals surface area (Å²) in [6.45, 7) is 6.96. The summed E-state index contributed by atoms with van der Waals surface area (Å²) in [4.78, 5) is 5.83. The summed E-state index contributed by atoms with van der Waals surface area (Å²) in [5, 5.41) is 0. The van der Waals surface area contributed by atoms with Gasteiger partial charge in [-0.2, -0.15) is 0 Å². The molecule has 0 bridgehead atoms. The highest BCUT2D eigenvalue weighted by atomic mass is 127. The van der Waals surface area contributed by atoms with Gasteiger partial charge in [0.2, 0.25) is 0 Å². The van der Waals surface area contributed by atoms with E-state index >= 15 is 0 Å². The summed E-state index contributed by atoms with van der Waals surface area (Å²) in [7, 11) is 0. The van der Waals surface area contributed by atoms with E-state index in [2.05, 4.69) is 48.3 Å². The van der Waals surface area contributed by atoms with Crippen LogP contribution in [0.15, 0.2) is 0 Å². The first-order chi connectivity index (χ1) is 9.53. The highest BCUT2D eigenvalue weighted by Crippen LogP contribution is 2.41. The predicted octanol–water partition coefficient (Wildman–Crippen LogP) is 7.21. The van der Waals surface area contributed by atoms with Crippen LogP contribution in [0.1, 0.15) is 83.4 Å². The van der Waals surface area contributed by atoms with Crippen LogP contribution in [-0.2, 0) is 5.41 Å². The standard InChI is InChI=1S/C16H27ClINS/c1-4-6-8-10-12-16(3,11-9-7-5-2)13-14(18)19-15(17)20-13/h4-12H2,1-3H3. The molecule has 116 valence electrons. The summed E-state index contributed by atoms with van der Waals surface area (Å²) in [5.41, 5.74) is 0.268. The molecule has 0 N–H and O–H groups in total. The molecule has 1 unspecified atom stereocenters. The van der Waals surface area contributed by atoms with E-state index in [1.54, 1.807) is 11.3 Å². The topological polar surface area (TPSA) is 12.9 Å². The third kappa shape index (κ3) is 5.80. The number of hydrogen-bond acceptors (Lipinski definition) is 2. The van der Waals surface area contributed by atoms with Crippen LogP contribution < -0.4 is 0 Å². The van der Waals surface area contributed by atoms with E-state index in [-0.39, 0.29) is 5.41 Å². The molecule has 1 aromatic rings. The van der Waals surface area contributed by atoms with Gasteiger partial charge in [-0.15, -0.1) is 11.3 Å². The third-order valence-corrected chi connectivity index (χ3v) is 6.63. The zero-order valence-corrected chi connectivity index (χ0v) is 16.7. The number of hydrogen-bond donors (Lipinski definition) is 0. The zero-order valence-electron chi connectivity index (χ0n) is 13.0. The number of aromatic nitrogens is 1. The first-order valence-corrected chi connectivity index (χ1v) is 10.1. The van der Waals surface area contributed by atoms with E-state index < -0.39 is 0 Å². The van der Waals surface area contributed by atoms with Crippen LogP contribution in [0.2, 0.25) is 4.47 Å². The van der Waals surface area contributed by atoms with Gasteiger partial charge >= 0.3 is 0 Å². The Morgan fingerprint density at radius 2 is 1.60 bits per heavy atom. The highest BCUT2D eigenvalue weighted by Gasteiger charge is 2.30. The van der Waals surface area contributed by atoms with Gasteiger partial charge in [-0.05, 0) is 35.4 Å². The lowest BCUT2D eigenvalue weighted by Crippen LogP contribution is -2.22. The summed E-state index contributed by atoms with van der Waals surface area (Å²) in [6, 6.07) is 0. The molecule has 4 heteroatoms. The van der Waals surface area contributed by atoms with Crippen molar-refractivity contribution < 1.29 is 0 Å². The van der Waals surface area contributed by atoms with Gasteiger partial charge in [-0.1, -0.05) is 77.3 Å². The van der Waals surface area contributed by atoms with Gasteiger partial charge in [0, 0.05) is 10.3 Å². The molecule has 0 aliphatic heterocycles. The first-order valence-electron chi connectivity index (χ1n) is 7.85. The second-order valence-electron chi connectivity index (χ2n) is 5.92. The summed E-state index contributed by atoms with van der Waals surface area (Å²) >= 11 is 10.2. The van der Waals surface area contributed by atoms with E-state index in [0.29, 0.717) is 4.47 Å². The number of unbranched alkanes of at least 4 members (excludes halogenated alkanes) is 5. The van der Waals surface area contributed by atoms with Crippen LogP contribution in [0.5, 0.6) is 0 Å². The average molecular weight is 428 g/mol. The highest BCUT2D eigenvalue weighted by molar-refractivity contribution is 14.1. The molecule has 20 heavy (non-hydrogen) atoms. The van der Waals surface area contributed by atoms with E-state index in [9.17, 15) is 0 Å². The molecule has 0 radical (unpaired) electrons. The van der Waals surface area contributed by atoms with Crippen LogP contribution >= 0.6 is 45.5 Å². The minimum Gasteiger partial charge on any atom is -0.219 e. The molecule has 0 spiro atoms. The number of halogens is 2.